The third-order valence-electron chi connectivity index (χ3n) is 3.67. The van der Waals surface area contributed by atoms with E-state index in [1.54, 1.807) is 32.2 Å². The van der Waals surface area contributed by atoms with Crippen LogP contribution >= 0.6 is 0 Å². The van der Waals surface area contributed by atoms with Crippen LogP contribution < -0.4 is 9.47 Å². The zero-order valence-corrected chi connectivity index (χ0v) is 13.9. The normalized spacial score (nSPS) is 13.8. The second-order valence-electron chi connectivity index (χ2n) is 5.64. The van der Waals surface area contributed by atoms with Gasteiger partial charge in [0.1, 0.15) is 6.61 Å². The number of nitrogens with zero attached hydrogens (tertiary/aromatic N) is 2. The molecule has 1 aliphatic heterocycles. The zero-order chi connectivity index (χ0) is 17.0. The van der Waals surface area contributed by atoms with Crippen LogP contribution in [0.3, 0.4) is 0 Å². The van der Waals surface area contributed by atoms with E-state index >= 15 is 0 Å². The van der Waals surface area contributed by atoms with Crippen LogP contribution in [0.1, 0.15) is 17.3 Å². The number of ether oxygens (including phenoxy) is 3. The Labute approximate surface area is 135 Å². The third kappa shape index (κ3) is 4.13. The molecule has 2 rings (SSSR count). The van der Waals surface area contributed by atoms with E-state index in [9.17, 15) is 9.59 Å². The molecule has 0 N–H and O–H groups in total. The van der Waals surface area contributed by atoms with Crippen molar-refractivity contribution in [3.8, 4) is 11.5 Å². The van der Waals surface area contributed by atoms with Gasteiger partial charge >= 0.3 is 6.09 Å². The quantitative estimate of drug-likeness (QED) is 0.741. The first kappa shape index (κ1) is 17.1. The third-order valence-corrected chi connectivity index (χ3v) is 3.67. The van der Waals surface area contributed by atoms with Gasteiger partial charge in [0.05, 0.1) is 6.04 Å². The second kappa shape index (κ2) is 7.32. The van der Waals surface area contributed by atoms with Gasteiger partial charge in [-0.05, 0) is 39.2 Å². The summed E-state index contributed by atoms with van der Waals surface area (Å²) in [5.41, 5.74) is 0.467. The predicted molar refractivity (Wildman–Crippen MR) is 84.0 cm³/mol. The van der Waals surface area contributed by atoms with Gasteiger partial charge in [0.2, 0.25) is 6.79 Å². The number of benzene rings is 1. The van der Waals surface area contributed by atoms with E-state index in [1.165, 1.54) is 4.90 Å². The SMILES string of the molecule is CC(C(=O)c1ccc2c(c1)OCO2)N(C)C(=O)OCCN(C)C. The molecule has 1 unspecified atom stereocenters. The minimum atomic E-state index is -0.637. The van der Waals surface area contributed by atoms with E-state index in [2.05, 4.69) is 0 Å². The van der Waals surface area contributed by atoms with Crippen molar-refractivity contribution in [3.05, 3.63) is 23.8 Å². The average Bonchev–Trinajstić information content (AvgIpc) is 2.99. The largest absolute Gasteiger partial charge is 0.454 e. The summed E-state index contributed by atoms with van der Waals surface area (Å²) in [6, 6.07) is 4.35. The Bertz CT molecular complexity index is 588. The lowest BCUT2D eigenvalue weighted by atomic mass is 10.0. The molecule has 0 aliphatic carbocycles. The molecule has 0 aromatic heterocycles. The molecule has 0 radical (unpaired) electrons. The minimum Gasteiger partial charge on any atom is -0.454 e. The molecule has 1 amide bonds. The maximum absolute atomic E-state index is 12.5. The summed E-state index contributed by atoms with van der Waals surface area (Å²) in [5.74, 6) is 0.972. The number of likely N-dealkylation sites (N-methyl/N-ethyl adjacent to an activating group) is 2. The van der Waals surface area contributed by atoms with Crippen LogP contribution in [0.25, 0.3) is 0 Å². The van der Waals surface area contributed by atoms with Crippen molar-refractivity contribution >= 4 is 11.9 Å². The zero-order valence-electron chi connectivity index (χ0n) is 13.9. The minimum absolute atomic E-state index is 0.153. The summed E-state index contributed by atoms with van der Waals surface area (Å²) in [6.07, 6.45) is -0.520. The Morgan fingerprint density at radius 3 is 2.61 bits per heavy atom. The van der Waals surface area contributed by atoms with Crippen molar-refractivity contribution in [3.63, 3.8) is 0 Å². The van der Waals surface area contributed by atoms with Gasteiger partial charge in [-0.1, -0.05) is 0 Å². The molecular weight excluding hydrogens is 300 g/mol. The second-order valence-corrected chi connectivity index (χ2v) is 5.64. The van der Waals surface area contributed by atoms with Gasteiger partial charge in [-0.3, -0.25) is 4.79 Å². The van der Waals surface area contributed by atoms with E-state index in [0.29, 0.717) is 23.6 Å². The molecule has 7 heteroatoms. The first-order valence-electron chi connectivity index (χ1n) is 7.38. The highest BCUT2D eigenvalue weighted by Gasteiger charge is 2.26. The molecule has 126 valence electrons. The summed E-state index contributed by atoms with van der Waals surface area (Å²) >= 11 is 0. The molecule has 1 aliphatic rings. The number of carbonyl (C=O) groups is 2. The summed E-state index contributed by atoms with van der Waals surface area (Å²) < 4.78 is 15.6. The molecule has 7 nitrogen and oxygen atoms in total. The predicted octanol–water partition coefficient (Wildman–Crippen LogP) is 1.62. The van der Waals surface area contributed by atoms with Crippen molar-refractivity contribution in [2.75, 3.05) is 41.1 Å². The fraction of sp³-hybridized carbons (Fsp3) is 0.500. The van der Waals surface area contributed by atoms with Crippen LogP contribution in [0.2, 0.25) is 0 Å². The Balaban J connectivity index is 1.97. The molecule has 23 heavy (non-hydrogen) atoms. The number of hydrogen-bond donors (Lipinski definition) is 0. The van der Waals surface area contributed by atoms with Crippen molar-refractivity contribution < 1.29 is 23.8 Å². The summed E-state index contributed by atoms with van der Waals surface area (Å²) in [6.45, 7) is 2.73. The number of rotatable bonds is 6. The van der Waals surface area contributed by atoms with Crippen LogP contribution in [0.4, 0.5) is 4.79 Å². The number of carbonyl (C=O) groups excluding carboxylic acids is 2. The smallest absolute Gasteiger partial charge is 0.410 e. The monoisotopic (exact) mass is 322 g/mol. The van der Waals surface area contributed by atoms with Gasteiger partial charge in [0.25, 0.3) is 0 Å². The highest BCUT2D eigenvalue weighted by atomic mass is 16.7. The van der Waals surface area contributed by atoms with Crippen molar-refractivity contribution in [2.45, 2.75) is 13.0 Å². The van der Waals surface area contributed by atoms with Gasteiger partial charge in [-0.25, -0.2) is 4.79 Å². The lowest BCUT2D eigenvalue weighted by Gasteiger charge is -2.23. The lowest BCUT2D eigenvalue weighted by Crippen LogP contribution is -2.41. The number of hydrogen-bond acceptors (Lipinski definition) is 6. The van der Waals surface area contributed by atoms with E-state index in [0.717, 1.165) is 0 Å². The van der Waals surface area contributed by atoms with Crippen LogP contribution in [0.5, 0.6) is 11.5 Å². The Hall–Kier alpha value is -2.28. The molecule has 1 heterocycles. The molecule has 0 spiro atoms. The van der Waals surface area contributed by atoms with Crippen LogP contribution in [-0.2, 0) is 4.74 Å². The van der Waals surface area contributed by atoms with Crippen LogP contribution in [0.15, 0.2) is 18.2 Å². The Morgan fingerprint density at radius 2 is 1.91 bits per heavy atom. The first-order chi connectivity index (χ1) is 10.9. The molecule has 1 aromatic carbocycles. The molecule has 0 saturated heterocycles. The van der Waals surface area contributed by atoms with Crippen molar-refractivity contribution in [2.24, 2.45) is 0 Å². The molecular formula is C16H22N2O5. The fourth-order valence-electron chi connectivity index (χ4n) is 2.04. The average molecular weight is 322 g/mol. The van der Waals surface area contributed by atoms with Gasteiger partial charge in [-0.15, -0.1) is 0 Å². The molecule has 1 aromatic rings. The number of Topliss-reactive ketones (excluding diaryl/α,β-unsaturated/α-hetero) is 1. The lowest BCUT2D eigenvalue weighted by molar-refractivity contribution is 0.0743. The molecule has 1 atom stereocenters. The van der Waals surface area contributed by atoms with Gasteiger partial charge in [0, 0.05) is 19.2 Å². The van der Waals surface area contributed by atoms with Gasteiger partial charge in [0.15, 0.2) is 17.3 Å². The van der Waals surface area contributed by atoms with E-state index < -0.39 is 12.1 Å². The molecule has 0 bridgehead atoms. The maximum atomic E-state index is 12.5. The topological polar surface area (TPSA) is 68.3 Å². The van der Waals surface area contributed by atoms with Crippen molar-refractivity contribution in [1.29, 1.82) is 0 Å². The molecule has 0 saturated carbocycles. The first-order valence-corrected chi connectivity index (χ1v) is 7.38. The summed E-state index contributed by atoms with van der Waals surface area (Å²) in [5, 5.41) is 0. The fourth-order valence-corrected chi connectivity index (χ4v) is 2.04. The van der Waals surface area contributed by atoms with E-state index in [4.69, 9.17) is 14.2 Å². The number of ketones is 1. The maximum Gasteiger partial charge on any atom is 0.410 e. The number of amides is 1. The standard InChI is InChI=1S/C16H22N2O5/c1-11(18(4)16(20)21-8-7-17(2)3)15(19)12-5-6-13-14(9-12)23-10-22-13/h5-6,9,11H,7-8,10H2,1-4H3. The summed E-state index contributed by atoms with van der Waals surface area (Å²) in [4.78, 5) is 27.7. The van der Waals surface area contributed by atoms with Gasteiger partial charge in [-0.2, -0.15) is 0 Å². The van der Waals surface area contributed by atoms with Crippen LogP contribution in [-0.4, -0.2) is 68.8 Å². The Morgan fingerprint density at radius 1 is 1.22 bits per heavy atom. The molecule has 0 fully saturated rings. The Kier molecular flexibility index (Phi) is 5.44. The highest BCUT2D eigenvalue weighted by Crippen LogP contribution is 2.32. The van der Waals surface area contributed by atoms with Gasteiger partial charge < -0.3 is 24.0 Å². The number of fused-ring (bicyclic) bond motifs is 1. The highest BCUT2D eigenvalue weighted by molar-refractivity contribution is 6.01. The van der Waals surface area contributed by atoms with Crippen LogP contribution in [0, 0.1) is 0 Å². The van der Waals surface area contributed by atoms with E-state index in [1.807, 2.05) is 19.0 Å². The van der Waals surface area contributed by atoms with E-state index in [-0.39, 0.29) is 19.2 Å². The van der Waals surface area contributed by atoms with Crippen molar-refractivity contribution in [1.82, 2.24) is 9.80 Å². The summed E-state index contributed by atoms with van der Waals surface area (Å²) in [7, 11) is 5.33.